The van der Waals surface area contributed by atoms with Crippen LogP contribution in [0.25, 0.3) is 0 Å². The van der Waals surface area contributed by atoms with Crippen molar-refractivity contribution in [1.82, 2.24) is 20.0 Å². The van der Waals surface area contributed by atoms with Crippen LogP contribution in [0.3, 0.4) is 0 Å². The fourth-order valence-electron chi connectivity index (χ4n) is 3.13. The van der Waals surface area contributed by atoms with E-state index in [-0.39, 0.29) is 17.9 Å². The van der Waals surface area contributed by atoms with Crippen LogP contribution in [-0.2, 0) is 11.3 Å². The van der Waals surface area contributed by atoms with Gasteiger partial charge in [0.2, 0.25) is 5.91 Å². The van der Waals surface area contributed by atoms with E-state index in [1.807, 2.05) is 42.2 Å². The summed E-state index contributed by atoms with van der Waals surface area (Å²) in [5.74, 6) is -0.0777. The lowest BCUT2D eigenvalue weighted by Gasteiger charge is -2.31. The summed E-state index contributed by atoms with van der Waals surface area (Å²) in [6, 6.07) is 13.3. The number of hydrogen-bond donors (Lipinski definition) is 0. The summed E-state index contributed by atoms with van der Waals surface area (Å²) in [5.41, 5.74) is 1.42. The molecule has 0 aliphatic carbocycles. The zero-order valence-corrected chi connectivity index (χ0v) is 14.3. The minimum atomic E-state index is -0.166. The molecule has 130 valence electrons. The van der Waals surface area contributed by atoms with E-state index in [4.69, 9.17) is 0 Å². The quantitative estimate of drug-likeness (QED) is 0.856. The maximum atomic E-state index is 12.7. The van der Waals surface area contributed by atoms with Crippen LogP contribution in [0.2, 0.25) is 0 Å². The summed E-state index contributed by atoms with van der Waals surface area (Å²) in [6.07, 6.45) is 2.66. The first kappa shape index (κ1) is 17.1. The number of nitrogens with zero attached hydrogens (tertiary/aromatic N) is 4. The van der Waals surface area contributed by atoms with Gasteiger partial charge >= 0.3 is 0 Å². The Labute approximate surface area is 147 Å². The van der Waals surface area contributed by atoms with Gasteiger partial charge in [-0.3, -0.25) is 9.59 Å². The molecule has 2 amide bonds. The molecule has 1 aromatic carbocycles. The molecule has 6 heteroatoms. The van der Waals surface area contributed by atoms with Gasteiger partial charge in [-0.05, 0) is 24.1 Å². The Balaban J connectivity index is 1.77. The lowest BCUT2D eigenvalue weighted by atomic mass is 10.1. The Kier molecular flexibility index (Phi) is 5.38. The van der Waals surface area contributed by atoms with E-state index in [1.54, 1.807) is 23.2 Å². The third-order valence-electron chi connectivity index (χ3n) is 4.53. The third kappa shape index (κ3) is 4.02. The average molecular weight is 338 g/mol. The van der Waals surface area contributed by atoms with Crippen molar-refractivity contribution in [3.63, 3.8) is 0 Å². The highest BCUT2D eigenvalue weighted by molar-refractivity contribution is 5.92. The van der Waals surface area contributed by atoms with E-state index >= 15 is 0 Å². The van der Waals surface area contributed by atoms with E-state index in [1.165, 1.54) is 0 Å². The standard InChI is InChI=1S/C19H22N4O2/c1-2-16-14-22(19(25)17-9-6-11-20-21-17)12-10-18(24)23(16)13-15-7-4-3-5-8-15/h3-9,11,16H,2,10,12-14H2,1H3/t16-/m0/s1. The molecule has 6 nitrogen and oxygen atoms in total. The van der Waals surface area contributed by atoms with E-state index in [2.05, 4.69) is 10.2 Å². The molecule has 1 aliphatic rings. The highest BCUT2D eigenvalue weighted by Gasteiger charge is 2.31. The van der Waals surface area contributed by atoms with Crippen molar-refractivity contribution in [1.29, 1.82) is 0 Å². The molecule has 1 atom stereocenters. The average Bonchev–Trinajstić information content (AvgIpc) is 2.82. The van der Waals surface area contributed by atoms with Crippen LogP contribution in [0, 0.1) is 0 Å². The van der Waals surface area contributed by atoms with Crippen LogP contribution < -0.4 is 0 Å². The Morgan fingerprint density at radius 1 is 1.20 bits per heavy atom. The molecule has 0 bridgehead atoms. The highest BCUT2D eigenvalue weighted by Crippen LogP contribution is 2.18. The first-order chi connectivity index (χ1) is 12.2. The largest absolute Gasteiger partial charge is 0.335 e. The van der Waals surface area contributed by atoms with Gasteiger partial charge in [-0.15, -0.1) is 5.10 Å². The van der Waals surface area contributed by atoms with Gasteiger partial charge in [0.1, 0.15) is 0 Å². The van der Waals surface area contributed by atoms with Crippen molar-refractivity contribution in [2.24, 2.45) is 0 Å². The number of carbonyl (C=O) groups is 2. The molecule has 2 aromatic rings. The van der Waals surface area contributed by atoms with Crippen molar-refractivity contribution in [3.8, 4) is 0 Å². The molecule has 0 N–H and O–H groups in total. The van der Waals surface area contributed by atoms with E-state index in [0.717, 1.165) is 12.0 Å². The predicted molar refractivity (Wildman–Crippen MR) is 93.6 cm³/mol. The van der Waals surface area contributed by atoms with E-state index in [9.17, 15) is 9.59 Å². The third-order valence-corrected chi connectivity index (χ3v) is 4.53. The molecule has 3 rings (SSSR count). The van der Waals surface area contributed by atoms with Crippen LogP contribution >= 0.6 is 0 Å². The normalized spacial score (nSPS) is 18.1. The van der Waals surface area contributed by atoms with Gasteiger partial charge in [0.15, 0.2) is 5.69 Å². The second-order valence-corrected chi connectivity index (χ2v) is 6.18. The number of aromatic nitrogens is 2. The Morgan fingerprint density at radius 2 is 2.00 bits per heavy atom. The summed E-state index contributed by atoms with van der Waals surface area (Å²) in [5, 5.41) is 7.68. The fraction of sp³-hybridized carbons (Fsp3) is 0.368. The molecule has 2 heterocycles. The zero-order chi connectivity index (χ0) is 17.6. The van der Waals surface area contributed by atoms with Gasteiger partial charge < -0.3 is 9.80 Å². The predicted octanol–water partition coefficient (Wildman–Crippen LogP) is 2.13. The maximum Gasteiger partial charge on any atom is 0.274 e. The number of rotatable bonds is 4. The highest BCUT2D eigenvalue weighted by atomic mass is 16.2. The lowest BCUT2D eigenvalue weighted by Crippen LogP contribution is -2.44. The minimum Gasteiger partial charge on any atom is -0.335 e. The lowest BCUT2D eigenvalue weighted by molar-refractivity contribution is -0.133. The number of carbonyl (C=O) groups excluding carboxylic acids is 2. The minimum absolute atomic E-state index is 0.00386. The van der Waals surface area contributed by atoms with Gasteiger partial charge in [-0.2, -0.15) is 5.10 Å². The monoisotopic (exact) mass is 338 g/mol. The Morgan fingerprint density at radius 3 is 2.68 bits per heavy atom. The van der Waals surface area contributed by atoms with Gasteiger partial charge in [-0.25, -0.2) is 0 Å². The van der Waals surface area contributed by atoms with Crippen LogP contribution in [-0.4, -0.2) is 50.9 Å². The Hall–Kier alpha value is -2.76. The van der Waals surface area contributed by atoms with Gasteiger partial charge in [0.25, 0.3) is 5.91 Å². The SMILES string of the molecule is CC[C@H]1CN(C(=O)c2cccnn2)CCC(=O)N1Cc1ccccc1. The van der Waals surface area contributed by atoms with Crippen LogP contribution in [0.15, 0.2) is 48.7 Å². The fourth-order valence-corrected chi connectivity index (χ4v) is 3.13. The summed E-state index contributed by atoms with van der Waals surface area (Å²) < 4.78 is 0. The summed E-state index contributed by atoms with van der Waals surface area (Å²) >= 11 is 0. The molecule has 0 unspecified atom stereocenters. The van der Waals surface area contributed by atoms with Gasteiger partial charge in [0, 0.05) is 38.3 Å². The van der Waals surface area contributed by atoms with E-state index < -0.39 is 0 Å². The van der Waals surface area contributed by atoms with Crippen molar-refractivity contribution in [3.05, 3.63) is 59.9 Å². The molecule has 1 aliphatic heterocycles. The second kappa shape index (κ2) is 7.88. The number of amides is 2. The first-order valence-corrected chi connectivity index (χ1v) is 8.59. The molecule has 1 fully saturated rings. The first-order valence-electron chi connectivity index (χ1n) is 8.59. The van der Waals surface area contributed by atoms with Crippen LogP contribution in [0.4, 0.5) is 0 Å². The Bertz CT molecular complexity index is 721. The van der Waals surface area contributed by atoms with Crippen molar-refractivity contribution in [2.75, 3.05) is 13.1 Å². The summed E-state index contributed by atoms with van der Waals surface area (Å²) in [7, 11) is 0. The molecule has 0 spiro atoms. The summed E-state index contributed by atoms with van der Waals surface area (Å²) in [6.45, 7) is 3.55. The molecule has 0 radical (unpaired) electrons. The summed E-state index contributed by atoms with van der Waals surface area (Å²) in [4.78, 5) is 29.0. The van der Waals surface area contributed by atoms with Crippen molar-refractivity contribution < 1.29 is 9.59 Å². The van der Waals surface area contributed by atoms with Crippen molar-refractivity contribution >= 4 is 11.8 Å². The van der Waals surface area contributed by atoms with Crippen LogP contribution in [0.5, 0.6) is 0 Å². The molecule has 1 aromatic heterocycles. The van der Waals surface area contributed by atoms with E-state index in [0.29, 0.717) is 31.7 Å². The molecular weight excluding hydrogens is 316 g/mol. The number of hydrogen-bond acceptors (Lipinski definition) is 4. The molecule has 25 heavy (non-hydrogen) atoms. The van der Waals surface area contributed by atoms with Crippen molar-refractivity contribution in [2.45, 2.75) is 32.4 Å². The van der Waals surface area contributed by atoms with Crippen LogP contribution in [0.1, 0.15) is 35.8 Å². The molecular formula is C19H22N4O2. The van der Waals surface area contributed by atoms with Gasteiger partial charge in [-0.1, -0.05) is 37.3 Å². The maximum absolute atomic E-state index is 12.7. The molecule has 0 saturated carbocycles. The number of benzene rings is 1. The zero-order valence-electron chi connectivity index (χ0n) is 14.3. The smallest absolute Gasteiger partial charge is 0.274 e. The topological polar surface area (TPSA) is 66.4 Å². The van der Waals surface area contributed by atoms with Gasteiger partial charge in [0.05, 0.1) is 0 Å². The molecule has 1 saturated heterocycles. The second-order valence-electron chi connectivity index (χ2n) is 6.18.